The molecule has 10 aromatic rings. The van der Waals surface area contributed by atoms with Crippen LogP contribution in [0.25, 0.3) is 78.5 Å². The van der Waals surface area contributed by atoms with E-state index < -0.39 is 62.3 Å². The molecule has 4 atom stereocenters. The van der Waals surface area contributed by atoms with Gasteiger partial charge in [0.2, 0.25) is 20.9 Å². The topological polar surface area (TPSA) is 391 Å². The van der Waals surface area contributed by atoms with Crippen LogP contribution in [0.15, 0.2) is 124 Å². The molecule has 3 N–H and O–H groups in total. The van der Waals surface area contributed by atoms with Gasteiger partial charge < -0.3 is 58.0 Å². The number of benzene rings is 2. The second-order valence-electron chi connectivity index (χ2n) is 26.6. The van der Waals surface area contributed by atoms with Gasteiger partial charge in [0.05, 0.1) is 71.3 Å². The number of sulfone groups is 1. The van der Waals surface area contributed by atoms with Crippen molar-refractivity contribution in [3.63, 3.8) is 0 Å². The quantitative estimate of drug-likeness (QED) is 0.0690. The molecule has 0 saturated carbocycles. The monoisotopic (exact) mass is 1480 g/mol. The van der Waals surface area contributed by atoms with Crippen molar-refractivity contribution in [3.05, 3.63) is 144 Å². The fourth-order valence-electron chi connectivity index (χ4n) is 11.9. The molecule has 2 fully saturated rings. The highest BCUT2D eigenvalue weighted by Gasteiger charge is 2.38. The summed E-state index contributed by atoms with van der Waals surface area (Å²) in [6.07, 6.45) is 8.45. The number of aromatic nitrogens is 10. The number of nitrogens with zero attached hydrogens (tertiary/aromatic N) is 12. The van der Waals surface area contributed by atoms with Gasteiger partial charge in [-0.15, -0.1) is 0 Å². The number of carbonyl (C=O) groups excluding carboxylic acids is 4. The van der Waals surface area contributed by atoms with Gasteiger partial charge in [0.15, 0.2) is 0 Å². The van der Waals surface area contributed by atoms with Crippen molar-refractivity contribution in [2.45, 2.75) is 124 Å². The van der Waals surface area contributed by atoms with Gasteiger partial charge in [-0.25, -0.2) is 47.9 Å². The van der Waals surface area contributed by atoms with E-state index in [1.807, 2.05) is 164 Å². The number of rotatable bonds is 11. The molecule has 550 valence electrons. The Morgan fingerprint density at radius 3 is 1.38 bits per heavy atom. The molecule has 0 aliphatic carbocycles. The zero-order chi connectivity index (χ0) is 76.1. The number of ether oxygens (including phenoxy) is 4. The van der Waals surface area contributed by atoms with Gasteiger partial charge >= 0.3 is 47.3 Å². The highest BCUT2D eigenvalue weighted by atomic mass is 32.2. The first-order chi connectivity index (χ1) is 49.2. The summed E-state index contributed by atoms with van der Waals surface area (Å²) in [5, 5.41) is 13.1. The van der Waals surface area contributed by atoms with Crippen molar-refractivity contribution >= 4 is 85.1 Å². The molecule has 8 aromatic heterocycles. The number of para-hydroxylation sites is 2. The molecule has 30 nitrogen and oxygen atoms in total. The lowest BCUT2D eigenvalue weighted by Gasteiger charge is -2.37. The number of likely N-dealkylation sites (tertiary alicyclic amines) is 2. The van der Waals surface area contributed by atoms with Crippen molar-refractivity contribution in [2.24, 2.45) is 17.6 Å². The van der Waals surface area contributed by atoms with E-state index in [1.165, 1.54) is 25.3 Å². The van der Waals surface area contributed by atoms with E-state index in [1.54, 1.807) is 31.9 Å². The first kappa shape index (κ1) is 78.9. The third-order valence-electron chi connectivity index (χ3n) is 16.4. The number of esters is 2. The number of hydrogen-bond acceptors (Lipinski definition) is 26. The molecule has 33 heteroatoms. The number of nitrogens with two attached hydrogens (primary N) is 1. The van der Waals surface area contributed by atoms with Crippen molar-refractivity contribution < 1.29 is 72.4 Å². The highest BCUT2D eigenvalue weighted by molar-refractivity contribution is 7.90. The average molecular weight is 1480 g/mol. The predicted octanol–water partition coefficient (Wildman–Crippen LogP) is 10.1. The third kappa shape index (κ3) is 19.5. The number of fused-ring (bicyclic) bond motifs is 2. The zero-order valence-electron chi connectivity index (χ0n) is 60.1. The summed E-state index contributed by atoms with van der Waals surface area (Å²) in [5.74, 6) is 0.174. The minimum absolute atomic E-state index is 0.205. The largest absolute Gasteiger partial charge is 0.469 e. The lowest BCUT2D eigenvalue weighted by atomic mass is 9.94. The predicted molar refractivity (Wildman–Crippen MR) is 386 cm³/mol. The van der Waals surface area contributed by atoms with Crippen molar-refractivity contribution in [2.75, 3.05) is 52.0 Å². The summed E-state index contributed by atoms with van der Waals surface area (Å²) < 4.78 is 92.8. The minimum Gasteiger partial charge on any atom is -0.469 e. The molecular formula is C71H82N14O16S3. The van der Waals surface area contributed by atoms with Crippen molar-refractivity contribution in [1.82, 2.24) is 59.2 Å². The summed E-state index contributed by atoms with van der Waals surface area (Å²) in [5.41, 5.74) is 17.4. The molecule has 10 heterocycles. The number of piperidine rings is 2. The molecule has 0 radical (unpaired) electrons. The molecule has 104 heavy (non-hydrogen) atoms. The van der Waals surface area contributed by atoms with Crippen LogP contribution in [0.1, 0.15) is 88.4 Å². The number of hydrogen-bond donors (Lipinski definition) is 2. The number of amides is 2. The summed E-state index contributed by atoms with van der Waals surface area (Å²) in [6.45, 7) is 23.4. The van der Waals surface area contributed by atoms with E-state index in [0.29, 0.717) is 61.3 Å². The van der Waals surface area contributed by atoms with E-state index in [-0.39, 0.29) is 41.6 Å². The smallest absolute Gasteiger partial charge is 0.410 e. The maximum atomic E-state index is 13.0. The van der Waals surface area contributed by atoms with Gasteiger partial charge in [-0.1, -0.05) is 46.7 Å². The van der Waals surface area contributed by atoms with Gasteiger partial charge in [-0.3, -0.25) is 9.59 Å². The number of methoxy groups -OCH3 is 2. The van der Waals surface area contributed by atoms with Gasteiger partial charge in [0, 0.05) is 103 Å². The summed E-state index contributed by atoms with van der Waals surface area (Å²) in [4.78, 5) is 80.1. The number of aryl methyl sites for hydroxylation is 6. The molecule has 2 aliphatic rings. The van der Waals surface area contributed by atoms with E-state index in [0.717, 1.165) is 95.9 Å². The Kier molecular flexibility index (Phi) is 25.8. The highest BCUT2D eigenvalue weighted by Crippen LogP contribution is 2.38. The molecule has 0 unspecified atom stereocenters. The minimum atomic E-state index is -3.56. The number of carbonyl (C=O) groups is 4. The Morgan fingerprint density at radius 2 is 0.981 bits per heavy atom. The normalized spacial score (nSPS) is 15.8. The second kappa shape index (κ2) is 34.0. The average Bonchev–Trinajstić information content (AvgIpc) is 1.60. The molecule has 2 saturated heterocycles. The first-order valence-corrected chi connectivity index (χ1v) is 35.8. The van der Waals surface area contributed by atoms with Gasteiger partial charge in [-0.05, 0) is 156 Å². The number of pyridine rings is 2. The first-order valence-electron chi connectivity index (χ1n) is 32.6. The van der Waals surface area contributed by atoms with Crippen molar-refractivity contribution in [1.29, 1.82) is 0 Å². The Balaban J connectivity index is 0.000000207. The molecule has 2 amide bonds. The van der Waals surface area contributed by atoms with Crippen LogP contribution in [0, 0.1) is 53.4 Å². The van der Waals surface area contributed by atoms with Crippen LogP contribution in [0.3, 0.4) is 0 Å². The fourth-order valence-corrected chi connectivity index (χ4v) is 12.4. The molecule has 2 aromatic carbocycles. The molecule has 0 bridgehead atoms. The molecule has 12 rings (SSSR count). The van der Waals surface area contributed by atoms with Crippen LogP contribution < -0.4 is 11.1 Å². The summed E-state index contributed by atoms with van der Waals surface area (Å²) in [7, 11) is -0.871. The van der Waals surface area contributed by atoms with E-state index in [9.17, 15) is 27.6 Å². The van der Waals surface area contributed by atoms with Crippen LogP contribution >= 0.6 is 0 Å². The molecule has 2 aliphatic heterocycles. The number of nitrogens with one attached hydrogen (secondary N) is 1. The van der Waals surface area contributed by atoms with Crippen molar-refractivity contribution in [3.8, 4) is 56.4 Å². The summed E-state index contributed by atoms with van der Waals surface area (Å²) in [6, 6.07) is 27.2. The van der Waals surface area contributed by atoms with E-state index in [2.05, 4.69) is 35.1 Å². The Bertz CT molecular complexity index is 4890. The van der Waals surface area contributed by atoms with Crippen LogP contribution in [0.2, 0.25) is 0 Å². The maximum Gasteiger partial charge on any atom is 0.410 e. The lowest BCUT2D eigenvalue weighted by molar-refractivity contribution is -0.148. The van der Waals surface area contributed by atoms with Crippen LogP contribution in [-0.4, -0.2) is 178 Å². The van der Waals surface area contributed by atoms with E-state index >= 15 is 0 Å². The fraction of sp³-hybridized carbons (Fsp3) is 0.380. The number of anilines is 1. The standard InChI is InChI=1S/C35H39N7O5.C24H21N5O3S.C12H22N2O4.2O2S/c1-20-16-36-33(37-24-15-23(32(43)45-7)17-41(18-24)34(44)46-35(4,5)6)39-30(20)27-19-42(25-11-9-8-10-12-25)31-26(27)13-14-28(38-31)29-21(2)40-47-22(29)3;1-14-12-25-24(33(4,30)31)27-22(14)19-13-29(17-8-6-5-7-9-17)23-18(19)10-11-20(26-23)21-15(2)28-32-16(21)3;1-12(2,3)18-11(16)14-6-8(10(15)17-4)5-9(13)7-14;2*1-3-2/h8-14,16,19,23-24H,15,17-18H2,1-7H3,(H,36,37,39);5-13H,1-4H3;8-9H,5-7,13H2,1-4H3;;/t23-,24+;;8-,9+;;/m1.1../s1. The Hall–Kier alpha value is -10.8. The summed E-state index contributed by atoms with van der Waals surface area (Å²) >= 11 is -1.50. The lowest BCUT2D eigenvalue weighted by Crippen LogP contribution is -2.52. The van der Waals surface area contributed by atoms with Gasteiger partial charge in [0.25, 0.3) is 0 Å². The van der Waals surface area contributed by atoms with Crippen LogP contribution in [0.5, 0.6) is 0 Å². The van der Waals surface area contributed by atoms with E-state index in [4.69, 9.17) is 65.5 Å². The third-order valence-corrected chi connectivity index (χ3v) is 17.2. The van der Waals surface area contributed by atoms with Gasteiger partial charge in [-0.2, -0.15) is 16.8 Å². The Morgan fingerprint density at radius 1 is 0.567 bits per heavy atom. The SMILES string of the molecule is COC(=O)[C@@H]1C[C@H](N)CN(C(=O)OC(C)(C)C)C1.COC(=O)[C@@H]1C[C@H](Nc2ncc(C)c(-c3cn(-c4ccccc4)c4nc(-c5c(C)noc5C)ccc34)n2)CN(C(=O)OC(C)(C)C)C1.Cc1cnc(S(C)(=O)=O)nc1-c1cn(-c2ccccc2)c2nc(-c3c(C)noc3C)ccc12.O=S=O.O=S=O. The van der Waals surface area contributed by atoms with Crippen LogP contribution in [0.4, 0.5) is 15.5 Å². The van der Waals surface area contributed by atoms with Gasteiger partial charge in [0.1, 0.15) is 34.0 Å². The molecular weight excluding hydrogens is 1400 g/mol. The molecule has 0 spiro atoms. The maximum absolute atomic E-state index is 13.0. The Labute approximate surface area is 607 Å². The second-order valence-corrected chi connectivity index (χ2v) is 28.8. The zero-order valence-corrected chi connectivity index (χ0v) is 62.6. The van der Waals surface area contributed by atoms with Crippen LogP contribution in [-0.2, 0) is 61.5 Å².